The van der Waals surface area contributed by atoms with Crippen LogP contribution in [0.3, 0.4) is 0 Å². The predicted molar refractivity (Wildman–Crippen MR) is 189 cm³/mol. The Morgan fingerprint density at radius 2 is 1.05 bits per heavy atom. The summed E-state index contributed by atoms with van der Waals surface area (Å²) in [5.41, 5.74) is 5.64. The van der Waals surface area contributed by atoms with Gasteiger partial charge in [0.05, 0.1) is 0 Å². The molecule has 1 aromatic heterocycles. The Kier molecular flexibility index (Phi) is 22.9. The molecular formula is C36H44BClIrNOP2-2. The molecule has 0 atom stereocenters. The fourth-order valence-corrected chi connectivity index (χ4v) is 10.9. The van der Waals surface area contributed by atoms with Crippen LogP contribution in [0.15, 0.2) is 97.1 Å². The standard InChI is InChI=1S/C24H36BP2.C6H5.C5H3ClN.CO.Ir/c1-17(2)26(18(3)4)23-15-11-9-13-21(23)25-22-14-10-12-16-24(22)27(19(5)6)20(7)8;1-2-4-6-5-3-1;6-5-3-1-2-4-7-5;1-2;/h9-20H,1-8H3;1-5H;1-3H;;/q;2*-1;;. The largest absolute Gasteiger partial charge is 0.184 e. The smallest absolute Gasteiger partial charge is 0 e. The molecule has 0 spiro atoms. The van der Waals surface area contributed by atoms with Crippen LogP contribution in [0.25, 0.3) is 0 Å². The van der Waals surface area contributed by atoms with Gasteiger partial charge in [-0.05, 0) is 33.2 Å². The molecule has 0 fully saturated rings. The molecule has 230 valence electrons. The molecule has 2 nitrogen and oxygen atoms in total. The Morgan fingerprint density at radius 3 is 1.30 bits per heavy atom. The third-order valence-electron chi connectivity index (χ3n) is 6.15. The van der Waals surface area contributed by atoms with Crippen LogP contribution in [0, 0.1) is 18.9 Å². The van der Waals surface area contributed by atoms with Gasteiger partial charge >= 0.3 is 11.3 Å². The van der Waals surface area contributed by atoms with E-state index in [9.17, 15) is 0 Å². The summed E-state index contributed by atoms with van der Waals surface area (Å²) in [7, 11) is 2.13. The average Bonchev–Trinajstić information content (AvgIpc) is 2.97. The molecule has 7 heteroatoms. The first-order chi connectivity index (χ1) is 20.1. The molecule has 0 aliphatic heterocycles. The van der Waals surface area contributed by atoms with Gasteiger partial charge in [-0.2, -0.15) is 48.5 Å². The van der Waals surface area contributed by atoms with Gasteiger partial charge in [0.25, 0.3) is 0 Å². The van der Waals surface area contributed by atoms with Gasteiger partial charge in [0.2, 0.25) is 0 Å². The van der Waals surface area contributed by atoms with Crippen molar-refractivity contribution in [1.29, 1.82) is 0 Å². The number of hydrogen-bond donors (Lipinski definition) is 0. The van der Waals surface area contributed by atoms with Crippen LogP contribution >= 0.6 is 27.4 Å². The first-order valence-corrected chi connectivity index (χ1v) is 17.7. The number of halogens is 1. The number of benzene rings is 3. The van der Waals surface area contributed by atoms with Gasteiger partial charge in [0.1, 0.15) is 0 Å². The Hall–Kier alpha value is -1.59. The molecule has 2 radical (unpaired) electrons. The maximum Gasteiger partial charge on any atom is 0 e. The van der Waals surface area contributed by atoms with Crippen molar-refractivity contribution in [3.8, 4) is 0 Å². The summed E-state index contributed by atoms with van der Waals surface area (Å²) in [6, 6.07) is 35.9. The molecule has 0 aliphatic carbocycles. The van der Waals surface area contributed by atoms with Gasteiger partial charge in [0, 0.05) is 25.3 Å². The summed E-state index contributed by atoms with van der Waals surface area (Å²) in [6.45, 7) is 23.6. The molecule has 3 aromatic carbocycles. The van der Waals surface area contributed by atoms with Gasteiger partial charge in [-0.1, -0.05) is 137 Å². The Morgan fingerprint density at radius 1 is 0.628 bits per heavy atom. The molecule has 0 unspecified atom stereocenters. The van der Waals surface area contributed by atoms with Gasteiger partial charge < -0.3 is 4.98 Å². The van der Waals surface area contributed by atoms with Crippen LogP contribution in [0.1, 0.15) is 55.4 Å². The zero-order valence-electron chi connectivity index (χ0n) is 26.6. The van der Waals surface area contributed by atoms with Gasteiger partial charge in [-0.15, -0.1) is 17.7 Å². The molecule has 1 heterocycles. The van der Waals surface area contributed by atoms with Crippen molar-refractivity contribution >= 4 is 56.3 Å². The van der Waals surface area contributed by atoms with Crippen molar-refractivity contribution < 1.29 is 24.8 Å². The minimum Gasteiger partial charge on any atom is -0.184 e. The Balaban J connectivity index is 0.000000895. The van der Waals surface area contributed by atoms with Crippen LogP contribution in [0.2, 0.25) is 5.15 Å². The summed E-state index contributed by atoms with van der Waals surface area (Å²) >= 11 is 5.40. The number of nitrogens with zero attached hydrogens (tertiary/aromatic N) is 1. The van der Waals surface area contributed by atoms with Crippen molar-refractivity contribution in [2.24, 2.45) is 0 Å². The quantitative estimate of drug-likeness (QED) is 0.0582. The Bertz CT molecular complexity index is 1170. The second-order valence-corrected chi connectivity index (χ2v) is 17.7. The molecule has 0 aliphatic rings. The second-order valence-electron chi connectivity index (χ2n) is 10.6. The maximum atomic E-state index is 7.50. The minimum atomic E-state index is -0.167. The fraction of sp³-hybridized carbons (Fsp3) is 0.333. The molecular weight excluding hydrogens is 763 g/mol. The monoisotopic (exact) mass is 807 g/mol. The fourth-order valence-electron chi connectivity index (χ4n) is 4.81. The predicted octanol–water partition coefficient (Wildman–Crippen LogP) is 8.17. The molecule has 4 rings (SSSR count). The first kappa shape index (κ1) is 41.4. The van der Waals surface area contributed by atoms with Crippen LogP contribution in [0.5, 0.6) is 0 Å². The Labute approximate surface area is 283 Å². The summed E-state index contributed by atoms with van der Waals surface area (Å²) in [5.74, 6) is 0. The number of aromatic nitrogens is 1. The summed E-state index contributed by atoms with van der Waals surface area (Å²) in [4.78, 5) is 3.62. The van der Waals surface area contributed by atoms with E-state index in [1.54, 1.807) is 28.8 Å². The van der Waals surface area contributed by atoms with Crippen molar-refractivity contribution in [3.63, 3.8) is 0 Å². The van der Waals surface area contributed by atoms with E-state index in [2.05, 4.69) is 135 Å². The number of rotatable bonds is 8. The third-order valence-corrected chi connectivity index (χ3v) is 12.7. The summed E-state index contributed by atoms with van der Waals surface area (Å²) in [5, 5.41) is 3.61. The SMILES string of the molecule is CC(C)P(c1ccccc1[B]c1ccccc1P(C(C)C)C(C)C)C(C)C.Clc1ccc[c-]n1.[C-]#[O+].[Ir].[c-]1ccccc1. The van der Waals surface area contributed by atoms with Gasteiger partial charge in [0.15, 0.2) is 7.28 Å². The van der Waals surface area contributed by atoms with E-state index in [4.69, 9.17) is 16.3 Å². The van der Waals surface area contributed by atoms with E-state index in [0.29, 0.717) is 27.8 Å². The van der Waals surface area contributed by atoms with E-state index < -0.39 is 0 Å². The average molecular weight is 807 g/mol. The first-order valence-electron chi connectivity index (χ1n) is 14.3. The zero-order valence-corrected chi connectivity index (χ0v) is 31.5. The van der Waals surface area contributed by atoms with Crippen molar-refractivity contribution in [1.82, 2.24) is 4.98 Å². The van der Waals surface area contributed by atoms with Crippen molar-refractivity contribution in [2.75, 3.05) is 0 Å². The maximum absolute atomic E-state index is 7.50. The third kappa shape index (κ3) is 15.3. The molecule has 0 saturated heterocycles. The van der Waals surface area contributed by atoms with Gasteiger partial charge in [-0.25, -0.2) is 0 Å². The minimum absolute atomic E-state index is 0. The summed E-state index contributed by atoms with van der Waals surface area (Å²) < 4.78 is 7.50. The van der Waals surface area contributed by atoms with Gasteiger partial charge in [-0.3, -0.25) is 0 Å². The molecule has 0 saturated carbocycles. The molecule has 0 amide bonds. The van der Waals surface area contributed by atoms with Crippen LogP contribution < -0.4 is 21.5 Å². The van der Waals surface area contributed by atoms with Crippen molar-refractivity contribution in [3.05, 3.63) is 121 Å². The van der Waals surface area contributed by atoms with Crippen LogP contribution in [0.4, 0.5) is 0 Å². The van der Waals surface area contributed by atoms with E-state index in [0.717, 1.165) is 0 Å². The van der Waals surface area contributed by atoms with E-state index in [-0.39, 0.29) is 35.9 Å². The topological polar surface area (TPSA) is 32.8 Å². The van der Waals surface area contributed by atoms with Crippen LogP contribution in [-0.2, 0) is 24.8 Å². The van der Waals surface area contributed by atoms with Crippen LogP contribution in [-0.4, -0.2) is 34.9 Å². The molecule has 43 heavy (non-hydrogen) atoms. The molecule has 4 aromatic rings. The van der Waals surface area contributed by atoms with E-state index in [1.807, 2.05) is 30.3 Å². The molecule has 0 bridgehead atoms. The van der Waals surface area contributed by atoms with E-state index in [1.165, 1.54) is 10.9 Å². The normalized spacial score (nSPS) is 10.3. The van der Waals surface area contributed by atoms with E-state index >= 15 is 0 Å². The summed E-state index contributed by atoms with van der Waals surface area (Å²) in [6.07, 6.45) is 2.58. The number of pyridine rings is 1. The second kappa shape index (κ2) is 23.8. The molecule has 0 N–H and O–H groups in total. The van der Waals surface area contributed by atoms with Crippen molar-refractivity contribution in [2.45, 2.75) is 78.0 Å². The number of hydrogen-bond acceptors (Lipinski definition) is 1. The zero-order chi connectivity index (χ0) is 31.5.